The van der Waals surface area contributed by atoms with Crippen LogP contribution in [0.5, 0.6) is 0 Å². The van der Waals surface area contributed by atoms with Gasteiger partial charge < -0.3 is 4.98 Å². The van der Waals surface area contributed by atoms with E-state index in [1.807, 2.05) is 68.4 Å². The fourth-order valence-corrected chi connectivity index (χ4v) is 3.78. The van der Waals surface area contributed by atoms with Gasteiger partial charge in [-0.15, -0.1) is 0 Å². The maximum Gasteiger partial charge on any atom is 0.251 e. The monoisotopic (exact) mass is 373 g/mol. The number of pyridine rings is 1. The molecular weight excluding hydrogens is 350 g/mol. The van der Waals surface area contributed by atoms with Crippen molar-refractivity contribution in [3.05, 3.63) is 81.6 Å². The molecule has 1 amide bonds. The third kappa shape index (κ3) is 3.36. The SMILES string of the molecule is CCC(=O)N1N=C(c2ccccc2)C[C@@H]1Cc1cc2cccc(C)c2[nH]c1=O. The quantitative estimate of drug-likeness (QED) is 0.756. The van der Waals surface area contributed by atoms with Crippen LogP contribution < -0.4 is 5.56 Å². The fourth-order valence-electron chi connectivity index (χ4n) is 3.78. The lowest BCUT2D eigenvalue weighted by Gasteiger charge is -2.21. The minimum Gasteiger partial charge on any atom is -0.321 e. The van der Waals surface area contributed by atoms with E-state index in [1.165, 1.54) is 0 Å². The van der Waals surface area contributed by atoms with Crippen LogP contribution >= 0.6 is 0 Å². The van der Waals surface area contributed by atoms with Crippen molar-refractivity contribution in [2.75, 3.05) is 0 Å². The molecule has 3 aromatic rings. The zero-order valence-electron chi connectivity index (χ0n) is 16.1. The molecule has 0 radical (unpaired) electrons. The molecular formula is C23H23N3O2. The van der Waals surface area contributed by atoms with Crippen molar-refractivity contribution in [2.24, 2.45) is 5.10 Å². The summed E-state index contributed by atoms with van der Waals surface area (Å²) in [5, 5.41) is 7.18. The van der Waals surface area contributed by atoms with Gasteiger partial charge in [-0.2, -0.15) is 5.10 Å². The van der Waals surface area contributed by atoms with Gasteiger partial charge in [0.25, 0.3) is 5.56 Å². The average Bonchev–Trinajstić information content (AvgIpc) is 3.13. The lowest BCUT2D eigenvalue weighted by molar-refractivity contribution is -0.132. The number of aryl methyl sites for hydroxylation is 1. The summed E-state index contributed by atoms with van der Waals surface area (Å²) in [6.45, 7) is 3.82. The van der Waals surface area contributed by atoms with Crippen LogP contribution in [0, 0.1) is 6.92 Å². The molecule has 1 aliphatic rings. The molecule has 0 aliphatic carbocycles. The summed E-state index contributed by atoms with van der Waals surface area (Å²) in [4.78, 5) is 28.1. The number of amides is 1. The van der Waals surface area contributed by atoms with Gasteiger partial charge in [-0.3, -0.25) is 9.59 Å². The smallest absolute Gasteiger partial charge is 0.251 e. The van der Waals surface area contributed by atoms with Crippen LogP contribution in [0.3, 0.4) is 0 Å². The Morgan fingerprint density at radius 1 is 1.18 bits per heavy atom. The lowest BCUT2D eigenvalue weighted by Crippen LogP contribution is -2.35. The normalized spacial score (nSPS) is 16.4. The molecule has 2 heterocycles. The van der Waals surface area contributed by atoms with Gasteiger partial charge in [-0.25, -0.2) is 5.01 Å². The second kappa shape index (κ2) is 7.43. The molecule has 5 nitrogen and oxygen atoms in total. The lowest BCUT2D eigenvalue weighted by atomic mass is 9.98. The second-order valence-corrected chi connectivity index (χ2v) is 7.23. The first-order valence-corrected chi connectivity index (χ1v) is 9.63. The minimum absolute atomic E-state index is 0.0241. The summed E-state index contributed by atoms with van der Waals surface area (Å²) in [7, 11) is 0. The highest BCUT2D eigenvalue weighted by molar-refractivity contribution is 6.03. The van der Waals surface area contributed by atoms with E-state index in [0.29, 0.717) is 24.8 Å². The van der Waals surface area contributed by atoms with Gasteiger partial charge in [0, 0.05) is 24.8 Å². The van der Waals surface area contributed by atoms with E-state index in [1.54, 1.807) is 5.01 Å². The first-order valence-electron chi connectivity index (χ1n) is 9.63. The predicted molar refractivity (Wildman–Crippen MR) is 112 cm³/mol. The number of rotatable bonds is 4. The highest BCUT2D eigenvalue weighted by atomic mass is 16.2. The molecule has 0 saturated heterocycles. The van der Waals surface area contributed by atoms with Crippen molar-refractivity contribution in [3.63, 3.8) is 0 Å². The van der Waals surface area contributed by atoms with Crippen LogP contribution in [0.2, 0.25) is 0 Å². The largest absolute Gasteiger partial charge is 0.321 e. The van der Waals surface area contributed by atoms with Crippen LogP contribution in [-0.4, -0.2) is 27.7 Å². The second-order valence-electron chi connectivity index (χ2n) is 7.23. The molecule has 2 aromatic carbocycles. The van der Waals surface area contributed by atoms with Crippen LogP contribution in [0.25, 0.3) is 10.9 Å². The summed E-state index contributed by atoms with van der Waals surface area (Å²) < 4.78 is 0. The molecule has 5 heteroatoms. The van der Waals surface area contributed by atoms with Gasteiger partial charge in [-0.05, 0) is 29.5 Å². The molecule has 0 bridgehead atoms. The van der Waals surface area contributed by atoms with Crippen molar-refractivity contribution in [3.8, 4) is 0 Å². The number of nitrogens with one attached hydrogen (secondary N) is 1. The number of hydrogen-bond acceptors (Lipinski definition) is 3. The minimum atomic E-state index is -0.147. The molecule has 4 rings (SSSR count). The molecule has 1 aliphatic heterocycles. The fraction of sp³-hybridized carbons (Fsp3) is 0.261. The van der Waals surface area contributed by atoms with E-state index in [0.717, 1.165) is 27.7 Å². The molecule has 142 valence electrons. The average molecular weight is 373 g/mol. The van der Waals surface area contributed by atoms with Crippen LogP contribution in [-0.2, 0) is 11.2 Å². The van der Waals surface area contributed by atoms with E-state index in [2.05, 4.69) is 10.1 Å². The van der Waals surface area contributed by atoms with E-state index in [9.17, 15) is 9.59 Å². The predicted octanol–water partition coefficient (Wildman–Crippen LogP) is 3.79. The van der Waals surface area contributed by atoms with Crippen molar-refractivity contribution in [1.82, 2.24) is 9.99 Å². The van der Waals surface area contributed by atoms with E-state index in [4.69, 9.17) is 0 Å². The number of benzene rings is 2. The van der Waals surface area contributed by atoms with Crippen LogP contribution in [0.1, 0.15) is 36.5 Å². The van der Waals surface area contributed by atoms with Gasteiger partial charge >= 0.3 is 0 Å². The van der Waals surface area contributed by atoms with Gasteiger partial charge in [0.05, 0.1) is 17.3 Å². The molecule has 0 spiro atoms. The Hall–Kier alpha value is -3.21. The molecule has 0 saturated carbocycles. The zero-order valence-corrected chi connectivity index (χ0v) is 16.1. The standard InChI is InChI=1S/C23H23N3O2/c1-3-21(27)26-19(14-20(25-26)16-9-5-4-6-10-16)13-18-12-17-11-7-8-15(2)22(17)24-23(18)28/h4-12,19H,3,13-14H2,1-2H3,(H,24,28)/t19-/m0/s1. The molecule has 1 atom stereocenters. The highest BCUT2D eigenvalue weighted by Crippen LogP contribution is 2.24. The summed E-state index contributed by atoms with van der Waals surface area (Å²) in [5.41, 5.74) is 4.40. The summed E-state index contributed by atoms with van der Waals surface area (Å²) >= 11 is 0. The third-order valence-corrected chi connectivity index (χ3v) is 5.29. The summed E-state index contributed by atoms with van der Waals surface area (Å²) in [5.74, 6) is -0.0241. The zero-order chi connectivity index (χ0) is 19.7. The summed E-state index contributed by atoms with van der Waals surface area (Å²) in [6, 6.07) is 17.7. The molecule has 0 fully saturated rings. The van der Waals surface area contributed by atoms with Gasteiger partial charge in [0.1, 0.15) is 0 Å². The Balaban J connectivity index is 1.67. The van der Waals surface area contributed by atoms with Crippen LogP contribution in [0.15, 0.2) is 64.5 Å². The first-order chi connectivity index (χ1) is 13.6. The van der Waals surface area contributed by atoms with Crippen molar-refractivity contribution in [2.45, 2.75) is 39.2 Å². The molecule has 0 unspecified atom stereocenters. The number of aromatic amines is 1. The number of nitrogens with zero attached hydrogens (tertiary/aromatic N) is 2. The topological polar surface area (TPSA) is 65.5 Å². The van der Waals surface area contributed by atoms with Crippen LogP contribution in [0.4, 0.5) is 0 Å². The highest BCUT2D eigenvalue weighted by Gasteiger charge is 2.31. The van der Waals surface area contributed by atoms with E-state index in [-0.39, 0.29) is 17.5 Å². The molecule has 28 heavy (non-hydrogen) atoms. The van der Waals surface area contributed by atoms with E-state index >= 15 is 0 Å². The number of hydrogen-bond donors (Lipinski definition) is 1. The molecule has 1 aromatic heterocycles. The van der Waals surface area contributed by atoms with Gasteiger partial charge in [0.2, 0.25) is 5.91 Å². The number of carbonyl (C=O) groups excluding carboxylic acids is 1. The Morgan fingerprint density at radius 2 is 1.96 bits per heavy atom. The number of fused-ring (bicyclic) bond motifs is 1. The first kappa shape index (κ1) is 18.2. The van der Waals surface area contributed by atoms with Gasteiger partial charge in [-0.1, -0.05) is 55.5 Å². The third-order valence-electron chi connectivity index (χ3n) is 5.29. The maximum absolute atomic E-state index is 12.7. The van der Waals surface area contributed by atoms with E-state index < -0.39 is 0 Å². The number of carbonyl (C=O) groups is 1. The summed E-state index contributed by atoms with van der Waals surface area (Å²) in [6.07, 6.45) is 1.50. The van der Waals surface area contributed by atoms with Crippen molar-refractivity contribution >= 4 is 22.5 Å². The Morgan fingerprint density at radius 3 is 2.71 bits per heavy atom. The molecule has 1 N–H and O–H groups in total. The number of para-hydroxylation sites is 1. The van der Waals surface area contributed by atoms with Crippen molar-refractivity contribution in [1.29, 1.82) is 0 Å². The number of H-pyrrole nitrogens is 1. The van der Waals surface area contributed by atoms with Crippen molar-refractivity contribution < 1.29 is 4.79 Å². The maximum atomic E-state index is 12.7. The number of aromatic nitrogens is 1. The number of hydrazone groups is 1. The Bertz CT molecular complexity index is 1120. The Kier molecular flexibility index (Phi) is 4.82. The Labute approximate surface area is 163 Å². The van der Waals surface area contributed by atoms with Gasteiger partial charge in [0.15, 0.2) is 0 Å².